The molecule has 0 aliphatic heterocycles. The van der Waals surface area contributed by atoms with Gasteiger partial charge in [-0.05, 0) is 37.9 Å². The van der Waals surface area contributed by atoms with Crippen molar-refractivity contribution in [1.29, 1.82) is 0 Å². The van der Waals surface area contributed by atoms with E-state index < -0.39 is 0 Å². The fourth-order valence-corrected chi connectivity index (χ4v) is 3.45. The second kappa shape index (κ2) is 5.95. The van der Waals surface area contributed by atoms with Crippen LogP contribution in [0.1, 0.15) is 29.8 Å². The lowest BCUT2D eigenvalue weighted by Gasteiger charge is -2.08. The average Bonchev–Trinajstić information content (AvgIpc) is 3.12. The summed E-state index contributed by atoms with van der Waals surface area (Å²) in [6, 6.07) is 8.48. The van der Waals surface area contributed by atoms with E-state index in [0.717, 1.165) is 18.5 Å². The highest BCUT2D eigenvalue weighted by Crippen LogP contribution is 2.28. The molecule has 0 saturated heterocycles. The van der Waals surface area contributed by atoms with Gasteiger partial charge in [-0.25, -0.2) is 4.98 Å². The first-order chi connectivity index (χ1) is 10.2. The van der Waals surface area contributed by atoms with Crippen LogP contribution in [-0.2, 0) is 17.6 Å². The van der Waals surface area contributed by atoms with Gasteiger partial charge >= 0.3 is 0 Å². The average molecular weight is 301 g/mol. The van der Waals surface area contributed by atoms with Gasteiger partial charge in [0.25, 0.3) is 0 Å². The summed E-state index contributed by atoms with van der Waals surface area (Å²) in [4.78, 5) is 16.8. The molecule has 1 atom stereocenters. The van der Waals surface area contributed by atoms with Gasteiger partial charge in [0, 0.05) is 17.3 Å². The Labute approximate surface area is 128 Å². The standard InChI is InChI=1S/C16H19N3OS/c1-10(17-2)14-9-21-16(18-14)19-15(20)13-7-11-5-3-4-6-12(11)8-13/h3-6,9-10,13,17H,7-8H2,1-2H3,(H,18,19,20). The van der Waals surface area contributed by atoms with E-state index >= 15 is 0 Å². The summed E-state index contributed by atoms with van der Waals surface area (Å²) in [6.07, 6.45) is 1.65. The van der Waals surface area contributed by atoms with Crippen molar-refractivity contribution in [3.8, 4) is 0 Å². The number of nitrogens with zero attached hydrogens (tertiary/aromatic N) is 1. The molecule has 0 fully saturated rings. The zero-order chi connectivity index (χ0) is 14.8. The molecule has 1 aliphatic carbocycles. The molecule has 0 spiro atoms. The maximum absolute atomic E-state index is 12.4. The number of hydrogen-bond donors (Lipinski definition) is 2. The molecular formula is C16H19N3OS. The lowest BCUT2D eigenvalue weighted by Crippen LogP contribution is -2.23. The van der Waals surface area contributed by atoms with Crippen LogP contribution in [0.4, 0.5) is 5.13 Å². The summed E-state index contributed by atoms with van der Waals surface area (Å²) in [5.74, 6) is 0.0979. The van der Waals surface area contributed by atoms with Gasteiger partial charge in [-0.15, -0.1) is 11.3 Å². The molecule has 4 nitrogen and oxygen atoms in total. The quantitative estimate of drug-likeness (QED) is 0.913. The van der Waals surface area contributed by atoms with Crippen LogP contribution >= 0.6 is 11.3 Å². The van der Waals surface area contributed by atoms with Crippen molar-refractivity contribution in [2.45, 2.75) is 25.8 Å². The molecule has 1 unspecified atom stereocenters. The second-order valence-corrected chi connectivity index (χ2v) is 6.31. The summed E-state index contributed by atoms with van der Waals surface area (Å²) in [7, 11) is 1.90. The maximum atomic E-state index is 12.4. The molecule has 110 valence electrons. The minimum absolute atomic E-state index is 0.0245. The zero-order valence-electron chi connectivity index (χ0n) is 12.2. The number of benzene rings is 1. The van der Waals surface area contributed by atoms with E-state index in [1.807, 2.05) is 31.5 Å². The lowest BCUT2D eigenvalue weighted by atomic mass is 10.1. The van der Waals surface area contributed by atoms with Gasteiger partial charge in [0.1, 0.15) is 0 Å². The lowest BCUT2D eigenvalue weighted by molar-refractivity contribution is -0.119. The molecule has 21 heavy (non-hydrogen) atoms. The molecule has 1 amide bonds. The number of fused-ring (bicyclic) bond motifs is 1. The number of anilines is 1. The van der Waals surface area contributed by atoms with Crippen LogP contribution in [0.2, 0.25) is 0 Å². The minimum Gasteiger partial charge on any atom is -0.312 e. The van der Waals surface area contributed by atoms with Gasteiger partial charge in [0.15, 0.2) is 5.13 Å². The van der Waals surface area contributed by atoms with E-state index in [1.165, 1.54) is 22.5 Å². The smallest absolute Gasteiger partial charge is 0.229 e. The first-order valence-electron chi connectivity index (χ1n) is 7.17. The number of amides is 1. The third-order valence-corrected chi connectivity index (χ3v) is 4.83. The Morgan fingerprint density at radius 1 is 1.33 bits per heavy atom. The van der Waals surface area contributed by atoms with Crippen molar-refractivity contribution in [1.82, 2.24) is 10.3 Å². The summed E-state index contributed by atoms with van der Waals surface area (Å²) in [5.41, 5.74) is 3.55. The second-order valence-electron chi connectivity index (χ2n) is 5.45. The van der Waals surface area contributed by atoms with Crippen LogP contribution in [0.15, 0.2) is 29.6 Å². The summed E-state index contributed by atoms with van der Waals surface area (Å²) in [5, 5.41) is 8.78. The molecule has 0 bridgehead atoms. The summed E-state index contributed by atoms with van der Waals surface area (Å²) >= 11 is 1.48. The Balaban J connectivity index is 1.64. The van der Waals surface area contributed by atoms with E-state index in [2.05, 4.69) is 27.8 Å². The number of aromatic nitrogens is 1. The molecule has 2 aromatic rings. The minimum atomic E-state index is 0.0245. The van der Waals surface area contributed by atoms with E-state index in [0.29, 0.717) is 5.13 Å². The number of rotatable bonds is 4. The Hall–Kier alpha value is -1.72. The molecule has 5 heteroatoms. The number of thiazole rings is 1. The molecule has 0 saturated carbocycles. The van der Waals surface area contributed by atoms with Gasteiger partial charge in [0.05, 0.1) is 5.69 Å². The number of nitrogens with one attached hydrogen (secondary N) is 2. The van der Waals surface area contributed by atoms with Crippen LogP contribution in [0.3, 0.4) is 0 Å². The van der Waals surface area contributed by atoms with Crippen LogP contribution in [-0.4, -0.2) is 17.9 Å². The predicted octanol–water partition coefficient (Wildman–Crippen LogP) is 2.78. The van der Waals surface area contributed by atoms with Crippen LogP contribution < -0.4 is 10.6 Å². The van der Waals surface area contributed by atoms with Crippen molar-refractivity contribution in [3.63, 3.8) is 0 Å². The van der Waals surface area contributed by atoms with Gasteiger partial charge in [0.2, 0.25) is 5.91 Å². The van der Waals surface area contributed by atoms with Crippen LogP contribution in [0.25, 0.3) is 0 Å². The molecule has 1 aromatic carbocycles. The highest BCUT2D eigenvalue weighted by Gasteiger charge is 2.27. The number of carbonyl (C=O) groups is 1. The third kappa shape index (κ3) is 2.99. The first-order valence-corrected chi connectivity index (χ1v) is 8.05. The fourth-order valence-electron chi connectivity index (χ4n) is 2.64. The SMILES string of the molecule is CNC(C)c1csc(NC(=O)C2Cc3ccccc3C2)n1. The monoisotopic (exact) mass is 301 g/mol. The van der Waals surface area contributed by atoms with Crippen molar-refractivity contribution < 1.29 is 4.79 Å². The largest absolute Gasteiger partial charge is 0.312 e. The summed E-state index contributed by atoms with van der Waals surface area (Å²) < 4.78 is 0. The highest BCUT2D eigenvalue weighted by molar-refractivity contribution is 7.13. The normalized spacial score (nSPS) is 15.7. The first kappa shape index (κ1) is 14.2. The van der Waals surface area contributed by atoms with Gasteiger partial charge in [-0.3, -0.25) is 4.79 Å². The highest BCUT2D eigenvalue weighted by atomic mass is 32.1. The van der Waals surface area contributed by atoms with Crippen LogP contribution in [0, 0.1) is 5.92 Å². The van der Waals surface area contributed by atoms with Gasteiger partial charge in [-0.2, -0.15) is 0 Å². The molecule has 1 aliphatic rings. The Morgan fingerprint density at radius 2 is 2.00 bits per heavy atom. The summed E-state index contributed by atoms with van der Waals surface area (Å²) in [6.45, 7) is 2.05. The Kier molecular flexibility index (Phi) is 4.03. The van der Waals surface area contributed by atoms with Crippen molar-refractivity contribution >= 4 is 22.4 Å². The molecule has 2 N–H and O–H groups in total. The van der Waals surface area contributed by atoms with Gasteiger partial charge < -0.3 is 10.6 Å². The third-order valence-electron chi connectivity index (χ3n) is 4.05. The van der Waals surface area contributed by atoms with E-state index in [9.17, 15) is 4.79 Å². The number of carbonyl (C=O) groups excluding carboxylic acids is 1. The molecule has 1 aromatic heterocycles. The Bertz CT molecular complexity index is 627. The van der Waals surface area contributed by atoms with E-state index in [-0.39, 0.29) is 17.9 Å². The molecular weight excluding hydrogens is 282 g/mol. The number of hydrogen-bond acceptors (Lipinski definition) is 4. The molecule has 0 radical (unpaired) electrons. The van der Waals surface area contributed by atoms with Gasteiger partial charge in [-0.1, -0.05) is 24.3 Å². The maximum Gasteiger partial charge on any atom is 0.229 e. The fraction of sp³-hybridized carbons (Fsp3) is 0.375. The van der Waals surface area contributed by atoms with E-state index in [4.69, 9.17) is 0 Å². The Morgan fingerprint density at radius 3 is 2.62 bits per heavy atom. The van der Waals surface area contributed by atoms with E-state index in [1.54, 1.807) is 0 Å². The van der Waals surface area contributed by atoms with Crippen molar-refractivity contribution in [2.24, 2.45) is 5.92 Å². The van der Waals surface area contributed by atoms with Crippen molar-refractivity contribution in [3.05, 3.63) is 46.5 Å². The molecule has 1 heterocycles. The molecule has 3 rings (SSSR count). The van der Waals surface area contributed by atoms with Crippen molar-refractivity contribution in [2.75, 3.05) is 12.4 Å². The topological polar surface area (TPSA) is 54.0 Å². The van der Waals surface area contributed by atoms with Crippen LogP contribution in [0.5, 0.6) is 0 Å². The predicted molar refractivity (Wildman–Crippen MR) is 85.6 cm³/mol. The zero-order valence-corrected chi connectivity index (χ0v) is 13.0.